The lowest BCUT2D eigenvalue weighted by Gasteiger charge is -2.18. The molecule has 1 aliphatic rings. The number of hydrogen-bond acceptors (Lipinski definition) is 3. The predicted octanol–water partition coefficient (Wildman–Crippen LogP) is 1.99. The number of nitrogens with one attached hydrogen (secondary N) is 1. The van der Waals surface area contributed by atoms with Crippen molar-refractivity contribution in [2.75, 3.05) is 26.7 Å². The molecule has 0 radical (unpaired) electrons. The Hall–Kier alpha value is -0.430. The van der Waals surface area contributed by atoms with Crippen molar-refractivity contribution in [1.82, 2.24) is 9.62 Å². The van der Waals surface area contributed by atoms with Gasteiger partial charge in [-0.1, -0.05) is 22.0 Å². The maximum absolute atomic E-state index is 12.6. The highest BCUT2D eigenvalue weighted by Gasteiger charge is 2.33. The van der Waals surface area contributed by atoms with Gasteiger partial charge in [0.25, 0.3) is 0 Å². The van der Waals surface area contributed by atoms with E-state index in [0.717, 1.165) is 23.0 Å². The summed E-state index contributed by atoms with van der Waals surface area (Å²) in [5, 5.41) is 3.11. The Balaban J connectivity index is 2.26. The molecule has 1 atom stereocenters. The average Bonchev–Trinajstić information content (AvgIpc) is 2.82. The molecule has 1 aromatic rings. The Morgan fingerprint density at radius 2 is 2.21 bits per heavy atom. The third kappa shape index (κ3) is 3.18. The van der Waals surface area contributed by atoms with Crippen LogP contribution in [0.3, 0.4) is 0 Å². The number of aryl methyl sites for hydroxylation is 1. The second-order valence-electron chi connectivity index (χ2n) is 4.99. The molecule has 1 fully saturated rings. The van der Waals surface area contributed by atoms with Gasteiger partial charge >= 0.3 is 0 Å². The van der Waals surface area contributed by atoms with Gasteiger partial charge in [0.1, 0.15) is 0 Å². The van der Waals surface area contributed by atoms with Crippen molar-refractivity contribution >= 4 is 26.0 Å². The fourth-order valence-electron chi connectivity index (χ4n) is 2.46. The molecule has 106 valence electrons. The van der Waals surface area contributed by atoms with Crippen LogP contribution in [-0.2, 0) is 10.0 Å². The first kappa shape index (κ1) is 15.0. The van der Waals surface area contributed by atoms with Crippen LogP contribution in [0.25, 0.3) is 0 Å². The summed E-state index contributed by atoms with van der Waals surface area (Å²) >= 11 is 3.34. The molecule has 1 saturated heterocycles. The Bertz CT molecular complexity index is 560. The van der Waals surface area contributed by atoms with Gasteiger partial charge in [-0.15, -0.1) is 0 Å². The van der Waals surface area contributed by atoms with E-state index in [-0.39, 0.29) is 0 Å². The first-order valence-electron chi connectivity index (χ1n) is 6.36. The van der Waals surface area contributed by atoms with E-state index in [1.165, 1.54) is 0 Å². The molecule has 0 spiro atoms. The lowest BCUT2D eigenvalue weighted by atomic mass is 10.1. The van der Waals surface area contributed by atoms with Crippen LogP contribution < -0.4 is 5.32 Å². The number of nitrogens with zero attached hydrogens (tertiary/aromatic N) is 1. The van der Waals surface area contributed by atoms with E-state index < -0.39 is 10.0 Å². The average molecular weight is 347 g/mol. The van der Waals surface area contributed by atoms with Crippen LogP contribution in [0.1, 0.15) is 12.0 Å². The van der Waals surface area contributed by atoms with Gasteiger partial charge in [-0.25, -0.2) is 8.42 Å². The van der Waals surface area contributed by atoms with Crippen LogP contribution in [0.15, 0.2) is 27.6 Å². The maximum Gasteiger partial charge on any atom is 0.243 e. The summed E-state index contributed by atoms with van der Waals surface area (Å²) in [6.07, 6.45) is 0.924. The van der Waals surface area contributed by atoms with E-state index in [1.54, 1.807) is 10.4 Å². The van der Waals surface area contributed by atoms with E-state index in [1.807, 2.05) is 26.1 Å². The second-order valence-corrected chi connectivity index (χ2v) is 7.81. The van der Waals surface area contributed by atoms with Gasteiger partial charge < -0.3 is 5.32 Å². The van der Waals surface area contributed by atoms with E-state index in [2.05, 4.69) is 21.2 Å². The van der Waals surface area contributed by atoms with Crippen LogP contribution in [0.4, 0.5) is 0 Å². The molecule has 1 unspecified atom stereocenters. The number of sulfonamides is 1. The molecule has 1 N–H and O–H groups in total. The third-order valence-corrected chi connectivity index (χ3v) is 6.01. The van der Waals surface area contributed by atoms with Crippen molar-refractivity contribution in [1.29, 1.82) is 0 Å². The summed E-state index contributed by atoms with van der Waals surface area (Å²) in [6, 6.07) is 5.39. The van der Waals surface area contributed by atoms with Crippen molar-refractivity contribution in [3.05, 3.63) is 28.2 Å². The first-order valence-corrected chi connectivity index (χ1v) is 8.59. The summed E-state index contributed by atoms with van der Waals surface area (Å²) in [4.78, 5) is 0.409. The molecular formula is C13H19BrN2O2S. The minimum absolute atomic E-state index is 0.409. The molecule has 0 amide bonds. The zero-order valence-corrected chi connectivity index (χ0v) is 13.6. The molecule has 0 aromatic heterocycles. The fraction of sp³-hybridized carbons (Fsp3) is 0.538. The highest BCUT2D eigenvalue weighted by atomic mass is 79.9. The summed E-state index contributed by atoms with van der Waals surface area (Å²) in [5.74, 6) is 0.409. The number of benzene rings is 1. The molecule has 1 heterocycles. The van der Waals surface area contributed by atoms with Gasteiger partial charge in [-0.05, 0) is 50.6 Å². The van der Waals surface area contributed by atoms with E-state index in [9.17, 15) is 8.42 Å². The van der Waals surface area contributed by atoms with Crippen LogP contribution in [0.5, 0.6) is 0 Å². The highest BCUT2D eigenvalue weighted by Crippen LogP contribution is 2.27. The molecule has 4 nitrogen and oxygen atoms in total. The SMILES string of the molecule is CNCC1CCN(S(=O)(=O)c2cc(Br)ccc2C)C1. The van der Waals surface area contributed by atoms with Crippen LogP contribution >= 0.6 is 15.9 Å². The van der Waals surface area contributed by atoms with Crippen molar-refractivity contribution in [3.8, 4) is 0 Å². The van der Waals surface area contributed by atoms with Crippen molar-refractivity contribution in [2.24, 2.45) is 5.92 Å². The summed E-state index contributed by atoms with van der Waals surface area (Å²) in [5.41, 5.74) is 0.792. The molecule has 0 bridgehead atoms. The molecule has 19 heavy (non-hydrogen) atoms. The van der Waals surface area contributed by atoms with Crippen LogP contribution in [0.2, 0.25) is 0 Å². The first-order chi connectivity index (χ1) is 8.95. The number of halogens is 1. The minimum Gasteiger partial charge on any atom is -0.319 e. The van der Waals surface area contributed by atoms with E-state index >= 15 is 0 Å². The van der Waals surface area contributed by atoms with Gasteiger partial charge in [-0.2, -0.15) is 4.31 Å². The highest BCUT2D eigenvalue weighted by molar-refractivity contribution is 9.10. The van der Waals surface area contributed by atoms with E-state index in [4.69, 9.17) is 0 Å². The monoisotopic (exact) mass is 346 g/mol. The molecular weight excluding hydrogens is 328 g/mol. The quantitative estimate of drug-likeness (QED) is 0.906. The number of hydrogen-bond donors (Lipinski definition) is 1. The van der Waals surface area contributed by atoms with Crippen molar-refractivity contribution in [3.63, 3.8) is 0 Å². The van der Waals surface area contributed by atoms with E-state index in [0.29, 0.717) is 23.9 Å². The molecule has 1 aromatic carbocycles. The Morgan fingerprint density at radius 3 is 2.89 bits per heavy atom. The largest absolute Gasteiger partial charge is 0.319 e. The van der Waals surface area contributed by atoms with Crippen LogP contribution in [0, 0.1) is 12.8 Å². The van der Waals surface area contributed by atoms with Gasteiger partial charge in [0, 0.05) is 17.6 Å². The topological polar surface area (TPSA) is 49.4 Å². The van der Waals surface area contributed by atoms with Crippen molar-refractivity contribution < 1.29 is 8.42 Å². The molecule has 0 aliphatic carbocycles. The molecule has 1 aliphatic heterocycles. The second kappa shape index (κ2) is 5.91. The van der Waals surface area contributed by atoms with Gasteiger partial charge in [-0.3, -0.25) is 0 Å². The summed E-state index contributed by atoms with van der Waals surface area (Å²) in [6.45, 7) is 3.92. The van der Waals surface area contributed by atoms with Gasteiger partial charge in [0.2, 0.25) is 10.0 Å². The fourth-order valence-corrected chi connectivity index (χ4v) is 4.76. The van der Waals surface area contributed by atoms with Gasteiger partial charge in [0.15, 0.2) is 0 Å². The zero-order valence-electron chi connectivity index (χ0n) is 11.2. The smallest absolute Gasteiger partial charge is 0.243 e. The lowest BCUT2D eigenvalue weighted by molar-refractivity contribution is 0.451. The molecule has 6 heteroatoms. The Morgan fingerprint density at radius 1 is 1.47 bits per heavy atom. The predicted molar refractivity (Wildman–Crippen MR) is 79.7 cm³/mol. The van der Waals surface area contributed by atoms with Crippen molar-refractivity contribution in [2.45, 2.75) is 18.2 Å². The summed E-state index contributed by atoms with van der Waals surface area (Å²) < 4.78 is 27.7. The summed E-state index contributed by atoms with van der Waals surface area (Å²) in [7, 11) is -1.47. The minimum atomic E-state index is -3.37. The van der Waals surface area contributed by atoms with Gasteiger partial charge in [0.05, 0.1) is 4.90 Å². The Kier molecular flexibility index (Phi) is 4.66. The lowest BCUT2D eigenvalue weighted by Crippen LogP contribution is -2.30. The maximum atomic E-state index is 12.6. The molecule has 0 saturated carbocycles. The Labute approximate surface area is 123 Å². The van der Waals surface area contributed by atoms with Crippen LogP contribution in [-0.4, -0.2) is 39.4 Å². The third-order valence-electron chi connectivity index (χ3n) is 3.51. The standard InChI is InChI=1S/C13H19BrN2O2S/c1-10-3-4-12(14)7-13(10)19(17,18)16-6-5-11(9-16)8-15-2/h3-4,7,11,15H,5-6,8-9H2,1-2H3. The zero-order chi connectivity index (χ0) is 14.0. The molecule has 2 rings (SSSR count). The normalized spacial score (nSPS) is 20.9. The number of rotatable bonds is 4.